The number of benzene rings is 1. The molecule has 0 bridgehead atoms. The Labute approximate surface area is 143 Å². The lowest BCUT2D eigenvalue weighted by atomic mass is 10.0. The number of aryl methyl sites for hydroxylation is 1. The highest BCUT2D eigenvalue weighted by atomic mass is 35.5. The van der Waals surface area contributed by atoms with Gasteiger partial charge in [0.05, 0.1) is 18.2 Å². The molecule has 0 aliphatic carbocycles. The predicted octanol–water partition coefficient (Wildman–Crippen LogP) is 4.15. The van der Waals surface area contributed by atoms with Gasteiger partial charge < -0.3 is 9.84 Å². The van der Waals surface area contributed by atoms with E-state index in [0.29, 0.717) is 16.5 Å². The van der Waals surface area contributed by atoms with Gasteiger partial charge in [0.15, 0.2) is 0 Å². The molecule has 0 radical (unpaired) electrons. The number of amides is 1. The molecule has 4 nitrogen and oxygen atoms in total. The van der Waals surface area contributed by atoms with Crippen molar-refractivity contribution in [2.24, 2.45) is 0 Å². The number of rotatable bonds is 5. The highest BCUT2D eigenvalue weighted by Gasteiger charge is 2.18. The Balaban J connectivity index is 1.78. The van der Waals surface area contributed by atoms with E-state index in [1.54, 1.807) is 24.3 Å². The largest absolute Gasteiger partial charge is 0.361 e. The van der Waals surface area contributed by atoms with Crippen LogP contribution in [0.4, 0.5) is 0 Å². The number of aromatic nitrogens is 1. The lowest BCUT2D eigenvalue weighted by Crippen LogP contribution is -2.30. The molecule has 0 aliphatic heterocycles. The molecule has 6 heteroatoms. The molecule has 0 fully saturated rings. The van der Waals surface area contributed by atoms with E-state index in [-0.39, 0.29) is 18.4 Å². The second kappa shape index (κ2) is 6.98. The van der Waals surface area contributed by atoms with Gasteiger partial charge in [-0.2, -0.15) is 11.3 Å². The summed E-state index contributed by atoms with van der Waals surface area (Å²) >= 11 is 7.55. The van der Waals surface area contributed by atoms with Crippen LogP contribution in [0, 0.1) is 6.92 Å². The van der Waals surface area contributed by atoms with Crippen molar-refractivity contribution in [3.8, 4) is 0 Å². The van der Waals surface area contributed by atoms with Gasteiger partial charge >= 0.3 is 0 Å². The summed E-state index contributed by atoms with van der Waals surface area (Å²) < 4.78 is 5.00. The molecule has 1 aromatic carbocycles. The van der Waals surface area contributed by atoms with Crippen LogP contribution in [0.25, 0.3) is 0 Å². The van der Waals surface area contributed by atoms with Crippen LogP contribution in [0.3, 0.4) is 0 Å². The zero-order chi connectivity index (χ0) is 16.2. The van der Waals surface area contributed by atoms with Crippen LogP contribution in [0.1, 0.15) is 28.6 Å². The summed E-state index contributed by atoms with van der Waals surface area (Å²) in [7, 11) is 0. The number of hydrogen-bond donors (Lipinski definition) is 1. The maximum atomic E-state index is 12.4. The van der Waals surface area contributed by atoms with Gasteiger partial charge in [0.2, 0.25) is 5.91 Å². The summed E-state index contributed by atoms with van der Waals surface area (Å²) in [5.41, 5.74) is 2.65. The van der Waals surface area contributed by atoms with Crippen molar-refractivity contribution in [3.63, 3.8) is 0 Å². The first-order chi connectivity index (χ1) is 11.1. The molecule has 1 N–H and O–H groups in total. The Morgan fingerprint density at radius 2 is 2.09 bits per heavy atom. The summed E-state index contributed by atoms with van der Waals surface area (Å²) in [5, 5.41) is 11.6. The molecule has 0 saturated carbocycles. The monoisotopic (exact) mass is 346 g/mol. The average molecular weight is 347 g/mol. The van der Waals surface area contributed by atoms with Gasteiger partial charge in [-0.15, -0.1) is 0 Å². The first-order valence-corrected chi connectivity index (χ1v) is 8.43. The zero-order valence-corrected chi connectivity index (χ0v) is 14.0. The van der Waals surface area contributed by atoms with Gasteiger partial charge in [-0.3, -0.25) is 4.79 Å². The second-order valence-corrected chi connectivity index (χ2v) is 6.43. The number of thiophene rings is 1. The van der Waals surface area contributed by atoms with Crippen LogP contribution in [0.5, 0.6) is 0 Å². The zero-order valence-electron chi connectivity index (χ0n) is 12.5. The summed E-state index contributed by atoms with van der Waals surface area (Å²) in [6, 6.07) is 11.0. The van der Waals surface area contributed by atoms with Crippen LogP contribution in [-0.4, -0.2) is 11.1 Å². The SMILES string of the molecule is Cc1cc(CC(=O)NC(c2ccc(Cl)cc2)c2ccsc2)no1. The highest BCUT2D eigenvalue weighted by molar-refractivity contribution is 7.08. The highest BCUT2D eigenvalue weighted by Crippen LogP contribution is 2.25. The normalized spacial score (nSPS) is 12.1. The summed E-state index contributed by atoms with van der Waals surface area (Å²) in [6.07, 6.45) is 0.186. The maximum Gasteiger partial charge on any atom is 0.226 e. The van der Waals surface area contributed by atoms with Crippen molar-refractivity contribution in [1.29, 1.82) is 0 Å². The number of nitrogens with one attached hydrogen (secondary N) is 1. The van der Waals surface area contributed by atoms with Crippen molar-refractivity contribution in [2.45, 2.75) is 19.4 Å². The quantitative estimate of drug-likeness (QED) is 0.755. The number of halogens is 1. The fraction of sp³-hybridized carbons (Fsp3) is 0.176. The molecule has 0 spiro atoms. The summed E-state index contributed by atoms with van der Waals surface area (Å²) in [6.45, 7) is 1.80. The molecule has 1 unspecified atom stereocenters. The molecule has 118 valence electrons. The van der Waals surface area contributed by atoms with E-state index in [1.165, 1.54) is 0 Å². The standard InChI is InChI=1S/C17H15ClN2O2S/c1-11-8-15(20-22-11)9-16(21)19-17(13-6-7-23-10-13)12-2-4-14(18)5-3-12/h2-8,10,17H,9H2,1H3,(H,19,21). The van der Waals surface area contributed by atoms with Crippen molar-refractivity contribution in [1.82, 2.24) is 10.5 Å². The Kier molecular flexibility index (Phi) is 4.79. The molecule has 23 heavy (non-hydrogen) atoms. The van der Waals surface area contributed by atoms with Crippen LogP contribution in [0.2, 0.25) is 5.02 Å². The van der Waals surface area contributed by atoms with Crippen molar-refractivity contribution >= 4 is 28.8 Å². The third-order valence-electron chi connectivity index (χ3n) is 3.40. The Morgan fingerprint density at radius 3 is 2.70 bits per heavy atom. The fourth-order valence-corrected chi connectivity index (χ4v) is 3.14. The Morgan fingerprint density at radius 1 is 1.30 bits per heavy atom. The topological polar surface area (TPSA) is 55.1 Å². The van der Waals surface area contributed by atoms with Gasteiger partial charge in [0.1, 0.15) is 5.76 Å². The second-order valence-electron chi connectivity index (χ2n) is 5.21. The minimum Gasteiger partial charge on any atom is -0.361 e. The lowest BCUT2D eigenvalue weighted by molar-refractivity contribution is -0.121. The average Bonchev–Trinajstić information content (AvgIpc) is 3.18. The van der Waals surface area contributed by atoms with E-state index in [2.05, 4.69) is 10.5 Å². The smallest absolute Gasteiger partial charge is 0.226 e. The van der Waals surface area contributed by atoms with Crippen LogP contribution >= 0.6 is 22.9 Å². The van der Waals surface area contributed by atoms with Gasteiger partial charge in [-0.05, 0) is 47.0 Å². The van der Waals surface area contributed by atoms with Crippen molar-refractivity contribution in [3.05, 3.63) is 74.8 Å². The first-order valence-electron chi connectivity index (χ1n) is 7.11. The summed E-state index contributed by atoms with van der Waals surface area (Å²) in [5.74, 6) is 0.587. The Hall–Kier alpha value is -2.11. The van der Waals surface area contributed by atoms with Crippen molar-refractivity contribution < 1.29 is 9.32 Å². The lowest BCUT2D eigenvalue weighted by Gasteiger charge is -2.18. The third kappa shape index (κ3) is 4.00. The number of carbonyl (C=O) groups excluding carboxylic acids is 1. The Bertz CT molecular complexity index is 781. The van der Waals surface area contributed by atoms with Crippen LogP contribution < -0.4 is 5.32 Å². The van der Waals surface area contributed by atoms with Crippen molar-refractivity contribution in [2.75, 3.05) is 0 Å². The maximum absolute atomic E-state index is 12.4. The fourth-order valence-electron chi connectivity index (χ4n) is 2.33. The molecule has 1 atom stereocenters. The molecular formula is C17H15ClN2O2S. The number of hydrogen-bond acceptors (Lipinski definition) is 4. The molecule has 2 aromatic heterocycles. The van der Waals surface area contributed by atoms with Gasteiger partial charge in [0, 0.05) is 11.1 Å². The van der Waals surface area contributed by atoms with Crippen LogP contribution in [-0.2, 0) is 11.2 Å². The molecule has 3 aromatic rings. The van der Waals surface area contributed by atoms with E-state index in [0.717, 1.165) is 11.1 Å². The third-order valence-corrected chi connectivity index (χ3v) is 4.36. The molecule has 3 rings (SSSR count). The number of nitrogens with zero attached hydrogens (tertiary/aromatic N) is 1. The summed E-state index contributed by atoms with van der Waals surface area (Å²) in [4.78, 5) is 12.4. The van der Waals surface area contributed by atoms with Gasteiger partial charge in [0.25, 0.3) is 0 Å². The van der Waals surface area contributed by atoms with E-state index >= 15 is 0 Å². The first kappa shape index (κ1) is 15.8. The molecule has 0 saturated heterocycles. The van der Waals surface area contributed by atoms with Gasteiger partial charge in [-0.25, -0.2) is 0 Å². The minimum absolute atomic E-state index is 0.107. The van der Waals surface area contributed by atoms with Gasteiger partial charge in [-0.1, -0.05) is 28.9 Å². The minimum atomic E-state index is -0.209. The van der Waals surface area contributed by atoms with Crippen LogP contribution in [0.15, 0.2) is 51.7 Å². The molecule has 2 heterocycles. The molecular weight excluding hydrogens is 332 g/mol. The molecule has 1 amide bonds. The predicted molar refractivity (Wildman–Crippen MR) is 90.7 cm³/mol. The van der Waals surface area contributed by atoms with E-state index in [9.17, 15) is 4.79 Å². The van der Waals surface area contributed by atoms with E-state index < -0.39 is 0 Å². The molecule has 0 aliphatic rings. The van der Waals surface area contributed by atoms with E-state index in [4.69, 9.17) is 16.1 Å². The number of carbonyl (C=O) groups is 1. The van der Waals surface area contributed by atoms with E-state index in [1.807, 2.05) is 41.1 Å².